The lowest BCUT2D eigenvalue weighted by Gasteiger charge is -2.13. The van der Waals surface area contributed by atoms with Gasteiger partial charge in [-0.1, -0.05) is 19.1 Å². The molecule has 1 aromatic rings. The van der Waals surface area contributed by atoms with Crippen molar-refractivity contribution < 1.29 is 14.2 Å². The third kappa shape index (κ3) is 5.02. The Morgan fingerprint density at radius 3 is 2.60 bits per heavy atom. The van der Waals surface area contributed by atoms with Crippen LogP contribution in [0.5, 0.6) is 11.5 Å². The van der Waals surface area contributed by atoms with Gasteiger partial charge < -0.3 is 19.5 Å². The van der Waals surface area contributed by atoms with Crippen LogP contribution in [0.2, 0.25) is 0 Å². The molecule has 1 heterocycles. The van der Waals surface area contributed by atoms with E-state index in [2.05, 4.69) is 12.2 Å². The molecule has 0 amide bonds. The molecule has 1 aromatic carbocycles. The van der Waals surface area contributed by atoms with Gasteiger partial charge in [0, 0.05) is 19.7 Å². The van der Waals surface area contributed by atoms with E-state index >= 15 is 0 Å². The fourth-order valence-electron chi connectivity index (χ4n) is 2.18. The first-order valence-electron chi connectivity index (χ1n) is 7.53. The lowest BCUT2D eigenvalue weighted by atomic mass is 10.1. The van der Waals surface area contributed by atoms with Crippen molar-refractivity contribution in [2.45, 2.75) is 19.8 Å². The zero-order chi connectivity index (χ0) is 14.0. The first kappa shape index (κ1) is 15.1. The van der Waals surface area contributed by atoms with Crippen molar-refractivity contribution >= 4 is 0 Å². The summed E-state index contributed by atoms with van der Waals surface area (Å²) in [5, 5.41) is 3.41. The summed E-state index contributed by atoms with van der Waals surface area (Å²) >= 11 is 0. The Morgan fingerprint density at radius 1 is 1.20 bits per heavy atom. The number of hydrogen-bond acceptors (Lipinski definition) is 4. The first-order valence-corrected chi connectivity index (χ1v) is 7.53. The number of benzene rings is 1. The Morgan fingerprint density at radius 2 is 1.95 bits per heavy atom. The highest BCUT2D eigenvalue weighted by molar-refractivity contribution is 5.39. The molecule has 0 aliphatic carbocycles. The van der Waals surface area contributed by atoms with Gasteiger partial charge in [-0.2, -0.15) is 0 Å². The van der Waals surface area contributed by atoms with Crippen LogP contribution in [0, 0.1) is 5.92 Å². The van der Waals surface area contributed by atoms with Crippen LogP contribution in [0.3, 0.4) is 0 Å². The van der Waals surface area contributed by atoms with Crippen LogP contribution in [0.15, 0.2) is 24.3 Å². The number of rotatable bonds is 9. The molecule has 112 valence electrons. The fraction of sp³-hybridized carbons (Fsp3) is 0.625. The molecule has 1 N–H and O–H groups in total. The van der Waals surface area contributed by atoms with Crippen molar-refractivity contribution in [3.8, 4) is 11.5 Å². The molecule has 1 aliphatic heterocycles. The molecule has 0 saturated carbocycles. The van der Waals surface area contributed by atoms with Crippen molar-refractivity contribution in [2.24, 2.45) is 5.92 Å². The Balaban J connectivity index is 1.65. The molecule has 1 aliphatic rings. The maximum Gasteiger partial charge on any atom is 0.161 e. The molecule has 1 fully saturated rings. The van der Waals surface area contributed by atoms with Gasteiger partial charge in [0.05, 0.1) is 13.2 Å². The van der Waals surface area contributed by atoms with Gasteiger partial charge in [-0.25, -0.2) is 0 Å². The van der Waals surface area contributed by atoms with Crippen LogP contribution in [0.25, 0.3) is 0 Å². The second kappa shape index (κ2) is 8.82. The second-order valence-electron chi connectivity index (χ2n) is 5.08. The summed E-state index contributed by atoms with van der Waals surface area (Å²) in [6.45, 7) is 7.13. The van der Waals surface area contributed by atoms with Gasteiger partial charge >= 0.3 is 0 Å². The van der Waals surface area contributed by atoms with Gasteiger partial charge in [-0.15, -0.1) is 0 Å². The van der Waals surface area contributed by atoms with E-state index in [1.807, 2.05) is 24.3 Å². The number of nitrogens with one attached hydrogen (secondary N) is 1. The summed E-state index contributed by atoms with van der Waals surface area (Å²) in [5.41, 5.74) is 0. The Bertz CT molecular complexity index is 378. The minimum absolute atomic E-state index is 0.653. The molecule has 20 heavy (non-hydrogen) atoms. The zero-order valence-electron chi connectivity index (χ0n) is 12.3. The lowest BCUT2D eigenvalue weighted by Crippen LogP contribution is -2.27. The quantitative estimate of drug-likeness (QED) is 0.705. The largest absolute Gasteiger partial charge is 0.490 e. The summed E-state index contributed by atoms with van der Waals surface area (Å²) < 4.78 is 16.8. The predicted octanol–water partition coefficient (Wildman–Crippen LogP) is 2.48. The highest BCUT2D eigenvalue weighted by atomic mass is 16.5. The van der Waals surface area contributed by atoms with Crippen molar-refractivity contribution in [3.05, 3.63) is 24.3 Å². The van der Waals surface area contributed by atoms with Gasteiger partial charge in [0.2, 0.25) is 0 Å². The van der Waals surface area contributed by atoms with Crippen molar-refractivity contribution in [3.63, 3.8) is 0 Å². The summed E-state index contributed by atoms with van der Waals surface area (Å²) in [4.78, 5) is 0. The minimum atomic E-state index is 0.653. The van der Waals surface area contributed by atoms with E-state index < -0.39 is 0 Å². The van der Waals surface area contributed by atoms with E-state index in [1.165, 1.54) is 6.42 Å². The third-order valence-corrected chi connectivity index (χ3v) is 3.30. The van der Waals surface area contributed by atoms with Crippen LogP contribution >= 0.6 is 0 Å². The first-order chi connectivity index (χ1) is 9.90. The topological polar surface area (TPSA) is 39.7 Å². The normalized spacial score (nSPS) is 18.1. The SMILES string of the molecule is CCCOc1ccccc1OCCNCC1CCOC1. The van der Waals surface area contributed by atoms with Crippen molar-refractivity contribution in [1.29, 1.82) is 0 Å². The van der Waals surface area contributed by atoms with Gasteiger partial charge in [0.15, 0.2) is 11.5 Å². The van der Waals surface area contributed by atoms with Crippen molar-refractivity contribution in [1.82, 2.24) is 5.32 Å². The molecule has 0 radical (unpaired) electrons. The highest BCUT2D eigenvalue weighted by Crippen LogP contribution is 2.26. The van der Waals surface area contributed by atoms with E-state index in [4.69, 9.17) is 14.2 Å². The Labute approximate surface area is 121 Å². The van der Waals surface area contributed by atoms with Crippen LogP contribution < -0.4 is 14.8 Å². The minimum Gasteiger partial charge on any atom is -0.490 e. The van der Waals surface area contributed by atoms with Crippen molar-refractivity contribution in [2.75, 3.05) is 39.5 Å². The molecule has 1 atom stereocenters. The summed E-state index contributed by atoms with van der Waals surface area (Å²) in [5.74, 6) is 2.32. The summed E-state index contributed by atoms with van der Waals surface area (Å²) in [6.07, 6.45) is 2.17. The molecule has 0 aromatic heterocycles. The number of ether oxygens (including phenoxy) is 3. The maximum absolute atomic E-state index is 5.78. The molecule has 0 bridgehead atoms. The smallest absolute Gasteiger partial charge is 0.161 e. The summed E-state index contributed by atoms with van der Waals surface area (Å²) in [7, 11) is 0. The van der Waals surface area contributed by atoms with Gasteiger partial charge in [-0.05, 0) is 30.9 Å². The van der Waals surface area contributed by atoms with E-state index in [1.54, 1.807) is 0 Å². The number of para-hydroxylation sites is 2. The standard InChI is InChI=1S/C16H25NO3/c1-2-9-19-15-5-3-4-6-16(15)20-11-8-17-12-14-7-10-18-13-14/h3-6,14,17H,2,7-13H2,1H3. The highest BCUT2D eigenvalue weighted by Gasteiger charge is 2.14. The lowest BCUT2D eigenvalue weighted by molar-refractivity contribution is 0.184. The predicted molar refractivity (Wildman–Crippen MR) is 79.5 cm³/mol. The van der Waals surface area contributed by atoms with Gasteiger partial charge in [-0.3, -0.25) is 0 Å². The molecule has 4 nitrogen and oxygen atoms in total. The van der Waals surface area contributed by atoms with Crippen LogP contribution in [-0.4, -0.2) is 39.5 Å². The summed E-state index contributed by atoms with van der Waals surface area (Å²) in [6, 6.07) is 7.84. The van der Waals surface area contributed by atoms with Crippen LogP contribution in [0.4, 0.5) is 0 Å². The monoisotopic (exact) mass is 279 g/mol. The van der Waals surface area contributed by atoms with E-state index in [0.29, 0.717) is 12.5 Å². The Hall–Kier alpha value is -1.26. The van der Waals surface area contributed by atoms with Crippen LogP contribution in [-0.2, 0) is 4.74 Å². The fourth-order valence-corrected chi connectivity index (χ4v) is 2.18. The average Bonchev–Trinajstić information content (AvgIpc) is 2.99. The molecular weight excluding hydrogens is 254 g/mol. The number of hydrogen-bond donors (Lipinski definition) is 1. The van der Waals surface area contributed by atoms with Crippen LogP contribution in [0.1, 0.15) is 19.8 Å². The van der Waals surface area contributed by atoms with Gasteiger partial charge in [0.25, 0.3) is 0 Å². The average molecular weight is 279 g/mol. The molecule has 1 saturated heterocycles. The molecule has 1 unspecified atom stereocenters. The zero-order valence-corrected chi connectivity index (χ0v) is 12.3. The van der Waals surface area contributed by atoms with E-state index in [0.717, 1.165) is 50.8 Å². The second-order valence-corrected chi connectivity index (χ2v) is 5.08. The molecule has 0 spiro atoms. The van der Waals surface area contributed by atoms with E-state index in [9.17, 15) is 0 Å². The third-order valence-electron chi connectivity index (χ3n) is 3.30. The molecular formula is C16H25NO3. The molecule has 4 heteroatoms. The Kier molecular flexibility index (Phi) is 6.68. The van der Waals surface area contributed by atoms with E-state index in [-0.39, 0.29) is 0 Å². The molecule has 2 rings (SSSR count). The maximum atomic E-state index is 5.78. The van der Waals surface area contributed by atoms with Gasteiger partial charge in [0.1, 0.15) is 6.61 Å².